The number of benzene rings is 1. The molecule has 1 saturated heterocycles. The predicted octanol–water partition coefficient (Wildman–Crippen LogP) is 1.04. The Morgan fingerprint density at radius 2 is 1.94 bits per heavy atom. The smallest absolute Gasteiger partial charge is 0.285 e. The standard InChI is InChI=1S/C23H22N6O7/c1-11(2)19(31)26-23-25-18-17(20(32)27-23)24-10-28(18)16-7-12(8-30)15(36-16)9-35-29-21(33)13-5-3-4-6-14(13)22(29)34/h3-6,8,10-12,15-16H,7,9H2,1-2H3,(H2,25,26,27,31,32)/t12-,15-,16-/m1/s1. The maximum atomic E-state index is 12.5. The maximum absolute atomic E-state index is 12.5. The number of H-pyrrole nitrogens is 1. The lowest BCUT2D eigenvalue weighted by Crippen LogP contribution is -2.35. The van der Waals surface area contributed by atoms with Gasteiger partial charge in [0.2, 0.25) is 11.9 Å². The van der Waals surface area contributed by atoms with E-state index in [0.29, 0.717) is 11.3 Å². The quantitative estimate of drug-likeness (QED) is 0.360. The van der Waals surface area contributed by atoms with Gasteiger partial charge in [0.1, 0.15) is 19.1 Å². The van der Waals surface area contributed by atoms with Crippen LogP contribution in [0, 0.1) is 11.8 Å². The average molecular weight is 494 g/mol. The second-order valence-corrected chi connectivity index (χ2v) is 8.79. The van der Waals surface area contributed by atoms with Gasteiger partial charge in [-0.15, -0.1) is 5.06 Å². The molecule has 1 fully saturated rings. The van der Waals surface area contributed by atoms with Gasteiger partial charge in [0.05, 0.1) is 23.6 Å². The van der Waals surface area contributed by atoms with Crippen LogP contribution in [0.2, 0.25) is 0 Å². The van der Waals surface area contributed by atoms with Crippen molar-refractivity contribution >= 4 is 41.1 Å². The first-order chi connectivity index (χ1) is 17.3. The van der Waals surface area contributed by atoms with Crippen LogP contribution in [0.4, 0.5) is 5.95 Å². The van der Waals surface area contributed by atoms with Crippen molar-refractivity contribution < 1.29 is 28.8 Å². The van der Waals surface area contributed by atoms with Crippen LogP contribution in [0.1, 0.15) is 47.2 Å². The van der Waals surface area contributed by atoms with E-state index in [1.54, 1.807) is 26.0 Å². The predicted molar refractivity (Wildman–Crippen MR) is 123 cm³/mol. The van der Waals surface area contributed by atoms with E-state index in [9.17, 15) is 24.0 Å². The Labute approximate surface area is 203 Å². The topological polar surface area (TPSA) is 166 Å². The molecule has 36 heavy (non-hydrogen) atoms. The molecule has 186 valence electrons. The van der Waals surface area contributed by atoms with Gasteiger partial charge in [-0.2, -0.15) is 4.98 Å². The second-order valence-electron chi connectivity index (χ2n) is 8.79. The summed E-state index contributed by atoms with van der Waals surface area (Å²) in [6.45, 7) is 3.17. The summed E-state index contributed by atoms with van der Waals surface area (Å²) in [4.78, 5) is 77.7. The Morgan fingerprint density at radius 1 is 1.25 bits per heavy atom. The summed E-state index contributed by atoms with van der Waals surface area (Å²) in [5.74, 6) is -2.49. The Bertz CT molecular complexity index is 1410. The molecule has 2 aliphatic rings. The van der Waals surface area contributed by atoms with Gasteiger partial charge < -0.3 is 9.53 Å². The average Bonchev–Trinajstić information content (AvgIpc) is 3.53. The van der Waals surface area contributed by atoms with Gasteiger partial charge in [-0.25, -0.2) is 4.98 Å². The maximum Gasteiger partial charge on any atom is 0.285 e. The Balaban J connectivity index is 1.34. The van der Waals surface area contributed by atoms with E-state index in [1.165, 1.54) is 23.0 Å². The van der Waals surface area contributed by atoms with E-state index in [1.807, 2.05) is 0 Å². The molecule has 13 heteroatoms. The van der Waals surface area contributed by atoms with Crippen LogP contribution < -0.4 is 10.9 Å². The van der Waals surface area contributed by atoms with Crippen molar-refractivity contribution in [1.82, 2.24) is 24.6 Å². The number of nitrogens with zero attached hydrogens (tertiary/aromatic N) is 4. The summed E-state index contributed by atoms with van der Waals surface area (Å²) in [6.07, 6.45) is 0.776. The van der Waals surface area contributed by atoms with Crippen LogP contribution in [-0.4, -0.2) is 61.3 Å². The molecule has 5 rings (SSSR count). The van der Waals surface area contributed by atoms with Gasteiger partial charge in [0.25, 0.3) is 17.4 Å². The molecule has 2 N–H and O–H groups in total. The van der Waals surface area contributed by atoms with Crippen LogP contribution >= 0.6 is 0 Å². The number of hydrogen-bond donors (Lipinski definition) is 2. The molecular weight excluding hydrogens is 472 g/mol. The molecule has 2 aliphatic heterocycles. The molecule has 0 aliphatic carbocycles. The molecular formula is C23H22N6O7. The number of carbonyl (C=O) groups excluding carboxylic acids is 4. The number of aldehydes is 1. The lowest BCUT2D eigenvalue weighted by Gasteiger charge is -2.19. The molecule has 0 unspecified atom stereocenters. The largest absolute Gasteiger partial charge is 0.351 e. The zero-order valence-electron chi connectivity index (χ0n) is 19.3. The first-order valence-corrected chi connectivity index (χ1v) is 11.3. The van der Waals surface area contributed by atoms with Crippen LogP contribution in [0.25, 0.3) is 11.2 Å². The lowest BCUT2D eigenvalue weighted by molar-refractivity contribution is -0.138. The molecule has 1 aromatic carbocycles. The molecule has 0 spiro atoms. The van der Waals surface area contributed by atoms with Crippen molar-refractivity contribution in [3.63, 3.8) is 0 Å². The minimum Gasteiger partial charge on any atom is -0.351 e. The zero-order valence-corrected chi connectivity index (χ0v) is 19.3. The van der Waals surface area contributed by atoms with E-state index < -0.39 is 35.6 Å². The van der Waals surface area contributed by atoms with Crippen molar-refractivity contribution in [2.24, 2.45) is 11.8 Å². The Morgan fingerprint density at radius 3 is 2.58 bits per heavy atom. The molecule has 0 radical (unpaired) electrons. The van der Waals surface area contributed by atoms with Crippen LogP contribution in [0.15, 0.2) is 35.4 Å². The molecule has 4 heterocycles. The Hall–Kier alpha value is -4.23. The van der Waals surface area contributed by atoms with Crippen molar-refractivity contribution in [3.8, 4) is 0 Å². The first-order valence-electron chi connectivity index (χ1n) is 11.3. The molecule has 0 saturated carbocycles. The molecule has 0 bridgehead atoms. The lowest BCUT2D eigenvalue weighted by atomic mass is 10.0. The minimum atomic E-state index is -0.781. The van der Waals surface area contributed by atoms with E-state index in [-0.39, 0.29) is 53.1 Å². The van der Waals surface area contributed by atoms with E-state index in [4.69, 9.17) is 9.57 Å². The number of hydroxylamine groups is 2. The number of carbonyl (C=O) groups is 4. The van der Waals surface area contributed by atoms with Crippen molar-refractivity contribution in [2.45, 2.75) is 32.6 Å². The number of imide groups is 1. The van der Waals surface area contributed by atoms with Gasteiger partial charge in [-0.3, -0.25) is 38.9 Å². The van der Waals surface area contributed by atoms with Gasteiger partial charge in [0, 0.05) is 18.3 Å². The van der Waals surface area contributed by atoms with Crippen molar-refractivity contribution in [1.29, 1.82) is 0 Å². The van der Waals surface area contributed by atoms with Gasteiger partial charge in [0.15, 0.2) is 11.2 Å². The Kier molecular flexibility index (Phi) is 5.94. The highest BCUT2D eigenvalue weighted by molar-refractivity contribution is 6.20. The normalized spacial score (nSPS) is 21.4. The number of hydrogen-bond acceptors (Lipinski definition) is 9. The summed E-state index contributed by atoms with van der Waals surface area (Å²) in [5, 5.41) is 3.21. The third kappa shape index (κ3) is 3.97. The molecule has 3 amide bonds. The summed E-state index contributed by atoms with van der Waals surface area (Å²) in [6, 6.07) is 6.36. The summed E-state index contributed by atoms with van der Waals surface area (Å²) in [5.41, 5.74) is 0.125. The number of aromatic nitrogens is 4. The number of fused-ring (bicyclic) bond motifs is 2. The third-order valence-corrected chi connectivity index (χ3v) is 6.09. The van der Waals surface area contributed by atoms with Gasteiger partial charge in [-0.1, -0.05) is 26.0 Å². The van der Waals surface area contributed by atoms with Crippen molar-refractivity contribution in [2.75, 3.05) is 11.9 Å². The zero-order chi connectivity index (χ0) is 25.6. The van der Waals surface area contributed by atoms with E-state index >= 15 is 0 Å². The number of rotatable bonds is 7. The number of nitrogens with one attached hydrogen (secondary N) is 2. The van der Waals surface area contributed by atoms with E-state index in [0.717, 1.165) is 0 Å². The number of imidazole rings is 1. The monoisotopic (exact) mass is 494 g/mol. The van der Waals surface area contributed by atoms with Crippen LogP contribution in [0.5, 0.6) is 0 Å². The molecule has 3 atom stereocenters. The van der Waals surface area contributed by atoms with Crippen molar-refractivity contribution in [3.05, 3.63) is 52.1 Å². The van der Waals surface area contributed by atoms with Crippen LogP contribution in [-0.2, 0) is 19.2 Å². The summed E-state index contributed by atoms with van der Waals surface area (Å²) in [7, 11) is 0. The number of anilines is 1. The highest BCUT2D eigenvalue weighted by atomic mass is 16.7. The highest BCUT2D eigenvalue weighted by Gasteiger charge is 2.41. The third-order valence-electron chi connectivity index (χ3n) is 6.09. The number of aromatic amines is 1. The second kappa shape index (κ2) is 9.09. The first kappa shape index (κ1) is 23.5. The molecule has 2 aromatic heterocycles. The number of ether oxygens (including phenoxy) is 1. The highest BCUT2D eigenvalue weighted by Crippen LogP contribution is 2.34. The number of amides is 3. The molecule has 3 aromatic rings. The van der Waals surface area contributed by atoms with Gasteiger partial charge in [-0.05, 0) is 12.1 Å². The fourth-order valence-electron chi connectivity index (χ4n) is 4.12. The molecule has 13 nitrogen and oxygen atoms in total. The fourth-order valence-corrected chi connectivity index (χ4v) is 4.12. The minimum absolute atomic E-state index is 0.0366. The van der Waals surface area contributed by atoms with E-state index in [2.05, 4.69) is 20.3 Å². The SMILES string of the molecule is CC(C)C(=O)Nc1nc2c(ncn2[C@H]2C[C@H](C=O)[C@@H](CON3C(=O)c4ccccc4C3=O)O2)c(=O)[nH]1. The fraction of sp³-hybridized carbons (Fsp3) is 0.348. The van der Waals surface area contributed by atoms with Crippen LogP contribution in [0.3, 0.4) is 0 Å². The van der Waals surface area contributed by atoms with Gasteiger partial charge >= 0.3 is 0 Å². The summed E-state index contributed by atoms with van der Waals surface area (Å²) >= 11 is 0. The summed E-state index contributed by atoms with van der Waals surface area (Å²) < 4.78 is 7.50.